The van der Waals surface area contributed by atoms with Crippen molar-refractivity contribution in [3.8, 4) is 0 Å². The molecule has 3 unspecified atom stereocenters. The molecule has 0 aromatic carbocycles. The van der Waals surface area contributed by atoms with Crippen molar-refractivity contribution in [3.05, 3.63) is 24.0 Å². The molecule has 5 heterocycles. The summed E-state index contributed by atoms with van der Waals surface area (Å²) in [4.78, 5) is 21.8. The van der Waals surface area contributed by atoms with Crippen LogP contribution in [0.5, 0.6) is 0 Å². The van der Waals surface area contributed by atoms with Gasteiger partial charge in [0.2, 0.25) is 0 Å². The van der Waals surface area contributed by atoms with Gasteiger partial charge >= 0.3 is 0 Å². The number of hydrogen-bond acceptors (Lipinski definition) is 5. The predicted molar refractivity (Wildman–Crippen MR) is 100 cm³/mol. The molecule has 2 aromatic rings. The lowest BCUT2D eigenvalue weighted by atomic mass is 9.97. The van der Waals surface area contributed by atoms with Crippen molar-refractivity contribution in [1.29, 1.82) is 0 Å². The zero-order valence-corrected chi connectivity index (χ0v) is 15.1. The van der Waals surface area contributed by atoms with Crippen LogP contribution in [-0.4, -0.2) is 54.6 Å². The zero-order chi connectivity index (χ0) is 17.5. The van der Waals surface area contributed by atoms with Crippen molar-refractivity contribution >= 4 is 22.8 Å². The molecule has 26 heavy (non-hydrogen) atoms. The van der Waals surface area contributed by atoms with Gasteiger partial charge in [0.1, 0.15) is 11.3 Å². The highest BCUT2D eigenvalue weighted by molar-refractivity contribution is 5.95. The Kier molecular flexibility index (Phi) is 4.08. The number of nitrogens with one attached hydrogen (secondary N) is 1. The molecule has 1 N–H and O–H groups in total. The second-order valence-electron chi connectivity index (χ2n) is 8.06. The van der Waals surface area contributed by atoms with Gasteiger partial charge in [-0.05, 0) is 44.6 Å². The van der Waals surface area contributed by atoms with E-state index in [1.165, 1.54) is 38.8 Å². The fraction of sp³-hybridized carbons (Fsp3) is 0.600. The minimum Gasteiger partial charge on any atom is -0.440 e. The van der Waals surface area contributed by atoms with E-state index in [2.05, 4.69) is 20.1 Å². The first-order valence-electron chi connectivity index (χ1n) is 9.92. The Morgan fingerprint density at radius 2 is 2.04 bits per heavy atom. The molecule has 3 atom stereocenters. The summed E-state index contributed by atoms with van der Waals surface area (Å²) in [6.45, 7) is 5.42. The summed E-state index contributed by atoms with van der Waals surface area (Å²) in [6, 6.07) is 4.07. The average molecular weight is 354 g/mol. The summed E-state index contributed by atoms with van der Waals surface area (Å²) in [5.41, 5.74) is 1.20. The second-order valence-corrected chi connectivity index (χ2v) is 8.06. The molecule has 3 aliphatic rings. The van der Waals surface area contributed by atoms with Crippen LogP contribution in [0, 0.1) is 5.92 Å². The fourth-order valence-corrected chi connectivity index (χ4v) is 4.74. The number of piperidine rings is 2. The normalized spacial score (nSPS) is 28.5. The molecular formula is C20H26N4O2. The number of aromatic nitrogens is 1. The molecule has 0 radical (unpaired) electrons. The van der Waals surface area contributed by atoms with Gasteiger partial charge in [-0.2, -0.15) is 0 Å². The largest absolute Gasteiger partial charge is 0.440 e. The van der Waals surface area contributed by atoms with Crippen LogP contribution in [0.25, 0.3) is 11.0 Å². The SMILES string of the molecule is O=C(NC1CC2CCN(C2)C1)c1cc2oc(N3CCCCC3)cc2cn1. The lowest BCUT2D eigenvalue weighted by Crippen LogP contribution is -2.47. The first-order valence-corrected chi connectivity index (χ1v) is 9.92. The van der Waals surface area contributed by atoms with Gasteiger partial charge in [-0.25, -0.2) is 0 Å². The number of anilines is 1. The Balaban J connectivity index is 1.31. The van der Waals surface area contributed by atoms with Crippen LogP contribution in [0.3, 0.4) is 0 Å². The summed E-state index contributed by atoms with van der Waals surface area (Å²) in [5, 5.41) is 4.14. The van der Waals surface area contributed by atoms with Gasteiger partial charge in [-0.15, -0.1) is 0 Å². The highest BCUT2D eigenvalue weighted by Crippen LogP contribution is 2.29. The molecule has 0 spiro atoms. The summed E-state index contributed by atoms with van der Waals surface area (Å²) in [6.07, 6.45) is 7.83. The van der Waals surface area contributed by atoms with Crippen molar-refractivity contribution in [1.82, 2.24) is 15.2 Å². The minimum atomic E-state index is -0.0877. The average Bonchev–Trinajstić information content (AvgIpc) is 3.24. The number of amides is 1. The van der Waals surface area contributed by atoms with Crippen molar-refractivity contribution < 1.29 is 9.21 Å². The number of rotatable bonds is 3. The molecule has 138 valence electrons. The maximum atomic E-state index is 12.7. The predicted octanol–water partition coefficient (Wildman–Crippen LogP) is 2.64. The van der Waals surface area contributed by atoms with Crippen LogP contribution in [0.1, 0.15) is 42.6 Å². The Bertz CT molecular complexity index is 799. The Hall–Kier alpha value is -2.08. The van der Waals surface area contributed by atoms with Gasteiger partial charge in [-0.3, -0.25) is 9.78 Å². The number of furan rings is 1. The van der Waals surface area contributed by atoms with Gasteiger partial charge < -0.3 is 19.5 Å². The monoisotopic (exact) mass is 354 g/mol. The van der Waals surface area contributed by atoms with Crippen molar-refractivity contribution in [2.24, 2.45) is 5.92 Å². The molecule has 2 bridgehead atoms. The molecule has 6 heteroatoms. The number of carbonyl (C=O) groups is 1. The standard InChI is InChI=1S/C20H26N4O2/c25-20(22-16-8-14-4-7-23(12-14)13-16)17-10-18-15(11-21-17)9-19(26-18)24-5-2-1-3-6-24/h9-11,14,16H,1-8,12-13H2,(H,22,25). The van der Waals surface area contributed by atoms with E-state index in [0.717, 1.165) is 48.8 Å². The molecule has 0 saturated carbocycles. The van der Waals surface area contributed by atoms with E-state index in [1.807, 2.05) is 6.07 Å². The molecule has 2 aromatic heterocycles. The lowest BCUT2D eigenvalue weighted by molar-refractivity contribution is 0.0904. The summed E-state index contributed by atoms with van der Waals surface area (Å²) >= 11 is 0. The Labute approximate surface area is 153 Å². The van der Waals surface area contributed by atoms with Gasteiger partial charge in [0.25, 0.3) is 5.91 Å². The summed E-state index contributed by atoms with van der Waals surface area (Å²) < 4.78 is 6.03. The first kappa shape index (κ1) is 16.1. The van der Waals surface area contributed by atoms with Crippen LogP contribution in [0.15, 0.2) is 22.7 Å². The molecule has 3 aliphatic heterocycles. The lowest BCUT2D eigenvalue weighted by Gasteiger charge is -2.30. The highest BCUT2D eigenvalue weighted by atomic mass is 16.4. The minimum absolute atomic E-state index is 0.0877. The molecule has 1 amide bonds. The second kappa shape index (κ2) is 6.58. The van der Waals surface area contributed by atoms with Crippen molar-refractivity contribution in [2.45, 2.75) is 38.1 Å². The van der Waals surface area contributed by atoms with Crippen LogP contribution < -0.4 is 10.2 Å². The number of pyridine rings is 1. The van der Waals surface area contributed by atoms with Crippen molar-refractivity contribution in [3.63, 3.8) is 0 Å². The topological polar surface area (TPSA) is 61.6 Å². The Morgan fingerprint density at radius 1 is 1.15 bits per heavy atom. The van der Waals surface area contributed by atoms with E-state index < -0.39 is 0 Å². The molecule has 3 saturated heterocycles. The van der Waals surface area contributed by atoms with E-state index in [0.29, 0.717) is 5.69 Å². The number of hydrogen-bond donors (Lipinski definition) is 1. The fourth-order valence-electron chi connectivity index (χ4n) is 4.74. The van der Waals surface area contributed by atoms with Gasteiger partial charge in [0.15, 0.2) is 5.88 Å². The van der Waals surface area contributed by atoms with Crippen molar-refractivity contribution in [2.75, 3.05) is 37.6 Å². The third kappa shape index (κ3) is 3.07. The molecule has 3 fully saturated rings. The first-order chi connectivity index (χ1) is 12.7. The zero-order valence-electron chi connectivity index (χ0n) is 15.1. The maximum absolute atomic E-state index is 12.7. The quantitative estimate of drug-likeness (QED) is 0.918. The third-order valence-corrected chi connectivity index (χ3v) is 6.09. The highest BCUT2D eigenvalue weighted by Gasteiger charge is 2.33. The maximum Gasteiger partial charge on any atom is 0.270 e. The van der Waals surface area contributed by atoms with Crippen LogP contribution >= 0.6 is 0 Å². The number of fused-ring (bicyclic) bond motifs is 3. The van der Waals surface area contributed by atoms with E-state index in [1.54, 1.807) is 12.3 Å². The van der Waals surface area contributed by atoms with E-state index >= 15 is 0 Å². The van der Waals surface area contributed by atoms with E-state index in [9.17, 15) is 4.79 Å². The van der Waals surface area contributed by atoms with Crippen LogP contribution in [-0.2, 0) is 0 Å². The third-order valence-electron chi connectivity index (χ3n) is 6.09. The smallest absolute Gasteiger partial charge is 0.270 e. The van der Waals surface area contributed by atoms with E-state index in [4.69, 9.17) is 4.42 Å². The molecule has 6 nitrogen and oxygen atoms in total. The van der Waals surface area contributed by atoms with E-state index in [-0.39, 0.29) is 11.9 Å². The number of carbonyl (C=O) groups excluding carboxylic acids is 1. The van der Waals surface area contributed by atoms with Crippen LogP contribution in [0.4, 0.5) is 5.88 Å². The number of nitrogens with zero attached hydrogens (tertiary/aromatic N) is 3. The van der Waals surface area contributed by atoms with Gasteiger partial charge in [0.05, 0.1) is 0 Å². The molecule has 5 rings (SSSR count). The Morgan fingerprint density at radius 3 is 2.88 bits per heavy atom. The molecule has 0 aliphatic carbocycles. The molecular weight excluding hydrogens is 328 g/mol. The van der Waals surface area contributed by atoms with Gasteiger partial charge in [-0.1, -0.05) is 0 Å². The summed E-state index contributed by atoms with van der Waals surface area (Å²) in [7, 11) is 0. The summed E-state index contributed by atoms with van der Waals surface area (Å²) in [5.74, 6) is 1.55. The van der Waals surface area contributed by atoms with Gasteiger partial charge in [0, 0.05) is 55.9 Å². The van der Waals surface area contributed by atoms with Crippen LogP contribution in [0.2, 0.25) is 0 Å².